The number of benzene rings is 1. The van der Waals surface area contributed by atoms with Crippen molar-refractivity contribution in [3.05, 3.63) is 30.1 Å². The van der Waals surface area contributed by atoms with Crippen molar-refractivity contribution in [3.63, 3.8) is 0 Å². The minimum atomic E-state index is -0.420. The van der Waals surface area contributed by atoms with E-state index in [1.807, 2.05) is 0 Å². The molecule has 2 aliphatic heterocycles. The molecule has 0 spiro atoms. The van der Waals surface area contributed by atoms with Gasteiger partial charge in [-0.05, 0) is 62.4 Å². The number of hydrogen-bond acceptors (Lipinski definition) is 3. The van der Waals surface area contributed by atoms with E-state index in [1.54, 1.807) is 12.1 Å². The van der Waals surface area contributed by atoms with Gasteiger partial charge in [0.05, 0.1) is 0 Å². The van der Waals surface area contributed by atoms with Crippen LogP contribution < -0.4 is 5.32 Å². The largest absolute Gasteiger partial charge is 0.446 e. The molecule has 4 nitrogen and oxygen atoms in total. The number of carbonyl (C=O) groups is 1. The lowest BCUT2D eigenvalue weighted by atomic mass is 9.84. The number of nitrogens with one attached hydrogen (secondary N) is 1. The maximum absolute atomic E-state index is 12.9. The quantitative estimate of drug-likeness (QED) is 0.905. The van der Waals surface area contributed by atoms with Crippen LogP contribution in [-0.2, 0) is 4.74 Å². The molecular weight excluding hydrogens is 295 g/mol. The lowest BCUT2D eigenvalue weighted by Crippen LogP contribution is -2.49. The first-order valence-electron chi connectivity index (χ1n) is 8.66. The van der Waals surface area contributed by atoms with Gasteiger partial charge in [-0.15, -0.1) is 0 Å². The fraction of sp³-hybridized carbons (Fsp3) is 0.611. The number of fused-ring (bicyclic) bond motifs is 4. The number of piperidine rings is 2. The van der Waals surface area contributed by atoms with E-state index in [0.717, 1.165) is 6.42 Å². The van der Waals surface area contributed by atoms with E-state index in [9.17, 15) is 9.18 Å². The average molecular weight is 318 g/mol. The highest BCUT2D eigenvalue weighted by atomic mass is 19.1. The molecule has 1 amide bonds. The third kappa shape index (κ3) is 3.07. The number of amides is 1. The fourth-order valence-electron chi connectivity index (χ4n) is 4.70. The summed E-state index contributed by atoms with van der Waals surface area (Å²) in [5.41, 5.74) is 0.566. The Kier molecular flexibility index (Phi) is 3.97. The summed E-state index contributed by atoms with van der Waals surface area (Å²) >= 11 is 0. The minimum absolute atomic E-state index is 0.0218. The summed E-state index contributed by atoms with van der Waals surface area (Å²) in [5, 5.41) is 2.71. The van der Waals surface area contributed by atoms with Crippen LogP contribution in [0.2, 0.25) is 0 Å². The predicted molar refractivity (Wildman–Crippen MR) is 85.7 cm³/mol. The van der Waals surface area contributed by atoms with Crippen LogP contribution in [0.15, 0.2) is 24.3 Å². The van der Waals surface area contributed by atoms with E-state index in [0.29, 0.717) is 23.6 Å². The lowest BCUT2D eigenvalue weighted by molar-refractivity contribution is 0.0181. The van der Waals surface area contributed by atoms with Gasteiger partial charge in [0, 0.05) is 24.2 Å². The number of halogens is 1. The van der Waals surface area contributed by atoms with Crippen LogP contribution in [0.25, 0.3) is 0 Å². The topological polar surface area (TPSA) is 41.6 Å². The molecule has 4 atom stereocenters. The van der Waals surface area contributed by atoms with Gasteiger partial charge in [-0.2, -0.15) is 0 Å². The Morgan fingerprint density at radius 2 is 2.04 bits per heavy atom. The summed E-state index contributed by atoms with van der Waals surface area (Å²) in [4.78, 5) is 14.8. The van der Waals surface area contributed by atoms with Crippen LogP contribution in [0.5, 0.6) is 0 Å². The Bertz CT molecular complexity index is 577. The molecule has 1 aliphatic carbocycles. The number of ether oxygens (including phenoxy) is 1. The first kappa shape index (κ1) is 14.9. The lowest BCUT2D eigenvalue weighted by Gasteiger charge is -2.43. The molecule has 2 heterocycles. The van der Waals surface area contributed by atoms with E-state index in [2.05, 4.69) is 10.2 Å². The van der Waals surface area contributed by atoms with E-state index >= 15 is 0 Å². The van der Waals surface area contributed by atoms with Gasteiger partial charge in [0.15, 0.2) is 0 Å². The summed E-state index contributed by atoms with van der Waals surface area (Å²) < 4.78 is 18.6. The van der Waals surface area contributed by atoms with E-state index in [1.165, 1.54) is 50.9 Å². The third-order valence-electron chi connectivity index (χ3n) is 5.65. The summed E-state index contributed by atoms with van der Waals surface area (Å²) in [7, 11) is 0. The Morgan fingerprint density at radius 3 is 2.87 bits per heavy atom. The maximum Gasteiger partial charge on any atom is 0.411 e. The molecule has 1 aromatic rings. The van der Waals surface area contributed by atoms with E-state index in [4.69, 9.17) is 4.74 Å². The van der Waals surface area contributed by atoms with Crippen LogP contribution in [0.4, 0.5) is 14.9 Å². The standard InChI is InChI=1S/C18H23FN2O2/c19-13-4-6-14(7-5-13)20-18(22)23-17-10-12-9-15(17)16-3-1-2-8-21(16)11-12/h4-7,12,15-17H,1-3,8-11H2,(H,20,22)/t12-,15-,16-,17-/m1/s1. The molecule has 2 bridgehead atoms. The second kappa shape index (κ2) is 6.11. The van der Waals surface area contributed by atoms with Gasteiger partial charge in [-0.3, -0.25) is 10.2 Å². The summed E-state index contributed by atoms with van der Waals surface area (Å²) in [6.45, 7) is 2.37. The van der Waals surface area contributed by atoms with Crippen molar-refractivity contribution in [1.29, 1.82) is 0 Å². The third-order valence-corrected chi connectivity index (χ3v) is 5.65. The monoisotopic (exact) mass is 318 g/mol. The molecule has 2 saturated heterocycles. The fourth-order valence-corrected chi connectivity index (χ4v) is 4.70. The molecule has 3 aliphatic rings. The zero-order valence-corrected chi connectivity index (χ0v) is 13.2. The second-order valence-electron chi connectivity index (χ2n) is 7.14. The predicted octanol–water partition coefficient (Wildman–Crippen LogP) is 3.64. The number of carbonyl (C=O) groups excluding carboxylic acids is 1. The molecule has 5 heteroatoms. The molecule has 1 saturated carbocycles. The summed E-state index contributed by atoms with van der Waals surface area (Å²) in [6, 6.07) is 6.35. The highest BCUT2D eigenvalue weighted by Crippen LogP contribution is 2.45. The molecule has 124 valence electrons. The molecular formula is C18H23FN2O2. The molecule has 3 fully saturated rings. The zero-order valence-electron chi connectivity index (χ0n) is 13.2. The Balaban J connectivity index is 1.38. The van der Waals surface area contributed by atoms with Crippen LogP contribution in [-0.4, -0.2) is 36.2 Å². The SMILES string of the molecule is O=C(Nc1ccc(F)cc1)O[C@@H]1C[C@H]2C[C@@H]1[C@H]1CCCCN1C2. The number of anilines is 1. The van der Waals surface area contributed by atoms with Crippen molar-refractivity contribution in [2.75, 3.05) is 18.4 Å². The van der Waals surface area contributed by atoms with Crippen molar-refractivity contribution in [1.82, 2.24) is 4.90 Å². The van der Waals surface area contributed by atoms with Crippen LogP contribution >= 0.6 is 0 Å². The van der Waals surface area contributed by atoms with Crippen molar-refractivity contribution in [2.24, 2.45) is 11.8 Å². The number of nitrogens with zero attached hydrogens (tertiary/aromatic N) is 1. The highest BCUT2D eigenvalue weighted by Gasteiger charge is 2.48. The smallest absolute Gasteiger partial charge is 0.411 e. The molecule has 1 N–H and O–H groups in total. The van der Waals surface area contributed by atoms with Crippen molar-refractivity contribution < 1.29 is 13.9 Å². The first-order valence-corrected chi connectivity index (χ1v) is 8.66. The zero-order chi connectivity index (χ0) is 15.8. The number of rotatable bonds is 2. The molecule has 1 aromatic carbocycles. The first-order chi connectivity index (χ1) is 11.2. The van der Waals surface area contributed by atoms with Gasteiger partial charge in [-0.1, -0.05) is 6.42 Å². The van der Waals surface area contributed by atoms with Crippen LogP contribution in [0.3, 0.4) is 0 Å². The van der Waals surface area contributed by atoms with E-state index in [-0.39, 0.29) is 11.9 Å². The molecule has 4 rings (SSSR count). The van der Waals surface area contributed by atoms with Crippen LogP contribution in [0.1, 0.15) is 32.1 Å². The Hall–Kier alpha value is -1.62. The molecule has 23 heavy (non-hydrogen) atoms. The van der Waals surface area contributed by atoms with Crippen molar-refractivity contribution in [2.45, 2.75) is 44.2 Å². The second-order valence-corrected chi connectivity index (χ2v) is 7.14. The van der Waals surface area contributed by atoms with Gasteiger partial charge in [0.25, 0.3) is 0 Å². The van der Waals surface area contributed by atoms with E-state index < -0.39 is 6.09 Å². The summed E-state index contributed by atoms with van der Waals surface area (Å²) in [5.74, 6) is 0.830. The summed E-state index contributed by atoms with van der Waals surface area (Å²) in [6.07, 6.45) is 5.59. The van der Waals surface area contributed by atoms with Crippen LogP contribution in [0, 0.1) is 17.7 Å². The van der Waals surface area contributed by atoms with Gasteiger partial charge in [-0.25, -0.2) is 9.18 Å². The van der Waals surface area contributed by atoms with Crippen molar-refractivity contribution >= 4 is 11.8 Å². The molecule has 0 unspecified atom stereocenters. The highest BCUT2D eigenvalue weighted by molar-refractivity contribution is 5.84. The Morgan fingerprint density at radius 1 is 1.22 bits per heavy atom. The van der Waals surface area contributed by atoms with Gasteiger partial charge in [0.1, 0.15) is 11.9 Å². The van der Waals surface area contributed by atoms with Gasteiger partial charge in [0.2, 0.25) is 0 Å². The minimum Gasteiger partial charge on any atom is -0.446 e. The van der Waals surface area contributed by atoms with Gasteiger partial charge < -0.3 is 4.74 Å². The van der Waals surface area contributed by atoms with Crippen molar-refractivity contribution in [3.8, 4) is 0 Å². The molecule has 0 aromatic heterocycles. The number of hydrogen-bond donors (Lipinski definition) is 1. The maximum atomic E-state index is 12.9. The van der Waals surface area contributed by atoms with Gasteiger partial charge >= 0.3 is 6.09 Å². The average Bonchev–Trinajstić information content (AvgIpc) is 2.86. The molecule has 0 radical (unpaired) electrons. The Labute approximate surface area is 136 Å². The normalized spacial score (nSPS) is 33.1.